The Morgan fingerprint density at radius 2 is 1.75 bits per heavy atom. The van der Waals surface area contributed by atoms with Crippen molar-refractivity contribution in [3.63, 3.8) is 0 Å². The van der Waals surface area contributed by atoms with Gasteiger partial charge >= 0.3 is 0 Å². The standard InChI is InChI=1S/C23H25N3OS/c24-26-25-21(17-7-3-1-4-8-17)20-18-11-16-12-22(14-18,15-23(20,27)13-16)28-19-9-5-2-6-10-19/h1-10,16,18,20-21,27H,11-15H2/t16-,18-,20+,21-,22-,23-/m0/s1. The molecule has 4 bridgehead atoms. The molecule has 0 saturated heterocycles. The van der Waals surface area contributed by atoms with Gasteiger partial charge in [-0.3, -0.25) is 0 Å². The summed E-state index contributed by atoms with van der Waals surface area (Å²) in [4.78, 5) is 4.46. The van der Waals surface area contributed by atoms with E-state index >= 15 is 0 Å². The predicted octanol–water partition coefficient (Wildman–Crippen LogP) is 6.14. The lowest BCUT2D eigenvalue weighted by atomic mass is 9.47. The molecule has 5 heteroatoms. The predicted molar refractivity (Wildman–Crippen MR) is 112 cm³/mol. The molecule has 6 atom stereocenters. The molecule has 2 aromatic rings. The molecule has 0 amide bonds. The first kappa shape index (κ1) is 18.1. The van der Waals surface area contributed by atoms with Gasteiger partial charge in [0.05, 0.1) is 11.6 Å². The van der Waals surface area contributed by atoms with Crippen LogP contribution in [0, 0.1) is 17.8 Å². The Bertz CT molecular complexity index is 901. The van der Waals surface area contributed by atoms with Crippen molar-refractivity contribution in [3.8, 4) is 0 Å². The average molecular weight is 392 g/mol. The van der Waals surface area contributed by atoms with Gasteiger partial charge in [0.1, 0.15) is 0 Å². The van der Waals surface area contributed by atoms with Gasteiger partial charge < -0.3 is 5.11 Å². The van der Waals surface area contributed by atoms with Gasteiger partial charge in [0.25, 0.3) is 0 Å². The van der Waals surface area contributed by atoms with Crippen molar-refractivity contribution in [3.05, 3.63) is 76.7 Å². The third kappa shape index (κ3) is 3.02. The highest BCUT2D eigenvalue weighted by Crippen LogP contribution is 2.67. The van der Waals surface area contributed by atoms with Gasteiger partial charge in [0.15, 0.2) is 0 Å². The molecular weight excluding hydrogens is 366 g/mol. The number of aliphatic hydroxyl groups is 1. The number of hydrogen-bond donors (Lipinski definition) is 1. The Morgan fingerprint density at radius 1 is 1.04 bits per heavy atom. The number of nitrogens with zero attached hydrogens (tertiary/aromatic N) is 3. The summed E-state index contributed by atoms with van der Waals surface area (Å²) in [6.45, 7) is 0. The highest BCUT2D eigenvalue weighted by Gasteiger charge is 2.63. The lowest BCUT2D eigenvalue weighted by Crippen LogP contribution is -2.63. The molecule has 6 rings (SSSR count). The fourth-order valence-electron chi connectivity index (χ4n) is 6.54. The van der Waals surface area contributed by atoms with E-state index in [1.54, 1.807) is 0 Å². The van der Waals surface area contributed by atoms with Gasteiger partial charge in [-0.2, -0.15) is 0 Å². The molecule has 1 N–H and O–H groups in total. The van der Waals surface area contributed by atoms with Gasteiger partial charge in [-0.25, -0.2) is 0 Å². The smallest absolute Gasteiger partial charge is 0.0701 e. The Kier molecular flexibility index (Phi) is 4.42. The van der Waals surface area contributed by atoms with Crippen LogP contribution in [0.25, 0.3) is 10.4 Å². The van der Waals surface area contributed by atoms with E-state index in [1.807, 2.05) is 42.1 Å². The number of azide groups is 1. The van der Waals surface area contributed by atoms with Crippen LogP contribution in [0.2, 0.25) is 0 Å². The maximum absolute atomic E-state index is 11.9. The Morgan fingerprint density at radius 3 is 2.43 bits per heavy atom. The molecule has 28 heavy (non-hydrogen) atoms. The number of benzene rings is 2. The second-order valence-corrected chi connectivity index (χ2v) is 10.5. The van der Waals surface area contributed by atoms with E-state index in [2.05, 4.69) is 40.4 Å². The molecule has 0 aliphatic heterocycles. The molecule has 0 heterocycles. The Labute approximate surface area is 170 Å². The summed E-state index contributed by atoms with van der Waals surface area (Å²) in [6.07, 6.45) is 5.07. The van der Waals surface area contributed by atoms with Crippen LogP contribution in [0.3, 0.4) is 0 Å². The molecule has 2 aromatic carbocycles. The summed E-state index contributed by atoms with van der Waals surface area (Å²) in [7, 11) is 0. The molecule has 4 aliphatic rings. The van der Waals surface area contributed by atoms with Crippen LogP contribution in [-0.2, 0) is 0 Å². The molecule has 0 unspecified atom stereocenters. The third-order valence-electron chi connectivity index (χ3n) is 7.06. The fraction of sp³-hybridized carbons (Fsp3) is 0.478. The first-order chi connectivity index (χ1) is 13.6. The van der Waals surface area contributed by atoms with Crippen LogP contribution in [0.4, 0.5) is 0 Å². The van der Waals surface area contributed by atoms with E-state index in [0.29, 0.717) is 11.8 Å². The van der Waals surface area contributed by atoms with Crippen molar-refractivity contribution in [2.45, 2.75) is 53.4 Å². The van der Waals surface area contributed by atoms with E-state index in [1.165, 1.54) is 11.3 Å². The van der Waals surface area contributed by atoms with Crippen molar-refractivity contribution in [2.75, 3.05) is 0 Å². The minimum Gasteiger partial charge on any atom is -0.390 e. The van der Waals surface area contributed by atoms with Crippen LogP contribution in [0.15, 0.2) is 70.7 Å². The highest BCUT2D eigenvalue weighted by atomic mass is 32.2. The average Bonchev–Trinajstić information content (AvgIpc) is 2.67. The van der Waals surface area contributed by atoms with Gasteiger partial charge in [0.2, 0.25) is 0 Å². The zero-order chi connectivity index (χ0) is 19.2. The summed E-state index contributed by atoms with van der Waals surface area (Å²) in [6, 6.07) is 20.3. The van der Waals surface area contributed by atoms with Gasteiger partial charge in [-0.1, -0.05) is 53.6 Å². The first-order valence-electron chi connectivity index (χ1n) is 10.2. The second kappa shape index (κ2) is 6.84. The molecule has 4 nitrogen and oxygen atoms in total. The maximum Gasteiger partial charge on any atom is 0.0701 e. The van der Waals surface area contributed by atoms with Gasteiger partial charge in [-0.05, 0) is 67.2 Å². The van der Waals surface area contributed by atoms with Crippen LogP contribution in [-0.4, -0.2) is 15.5 Å². The highest BCUT2D eigenvalue weighted by molar-refractivity contribution is 8.00. The third-order valence-corrected chi connectivity index (χ3v) is 8.48. The quantitative estimate of drug-likeness (QED) is 0.378. The van der Waals surface area contributed by atoms with Crippen molar-refractivity contribution < 1.29 is 5.11 Å². The van der Waals surface area contributed by atoms with E-state index in [4.69, 9.17) is 0 Å². The second-order valence-electron chi connectivity index (χ2n) is 8.94. The van der Waals surface area contributed by atoms with Crippen LogP contribution in [0.5, 0.6) is 0 Å². The van der Waals surface area contributed by atoms with Crippen molar-refractivity contribution in [2.24, 2.45) is 22.9 Å². The van der Waals surface area contributed by atoms with Crippen molar-refractivity contribution in [1.82, 2.24) is 0 Å². The maximum atomic E-state index is 11.9. The Balaban J connectivity index is 1.50. The van der Waals surface area contributed by atoms with Gasteiger partial charge in [-0.15, -0.1) is 11.8 Å². The molecule has 0 spiro atoms. The fourth-order valence-corrected chi connectivity index (χ4v) is 8.27. The SMILES string of the molecule is [N-]=[N+]=N[C@@H](c1ccccc1)[C@H]1[C@H]2C[C@H]3C[C@](Sc4ccccc4)(C2)C[C@@]1(O)C3. The lowest BCUT2D eigenvalue weighted by Gasteiger charge is -2.64. The molecule has 4 saturated carbocycles. The van der Waals surface area contributed by atoms with Crippen molar-refractivity contribution in [1.29, 1.82) is 0 Å². The van der Waals surface area contributed by atoms with E-state index in [0.717, 1.165) is 31.2 Å². The summed E-state index contributed by atoms with van der Waals surface area (Å²) >= 11 is 1.96. The zero-order valence-corrected chi connectivity index (χ0v) is 16.6. The largest absolute Gasteiger partial charge is 0.390 e. The molecule has 4 aliphatic carbocycles. The minimum absolute atomic E-state index is 0.00634. The van der Waals surface area contributed by atoms with Crippen LogP contribution in [0.1, 0.15) is 43.7 Å². The molecule has 0 radical (unpaired) electrons. The van der Waals surface area contributed by atoms with Crippen LogP contribution >= 0.6 is 11.8 Å². The normalized spacial score (nSPS) is 36.7. The summed E-state index contributed by atoms with van der Waals surface area (Å²) in [5.74, 6) is 0.984. The van der Waals surface area contributed by atoms with Gasteiger partial charge in [0, 0.05) is 20.5 Å². The lowest BCUT2D eigenvalue weighted by molar-refractivity contribution is -0.169. The van der Waals surface area contributed by atoms with E-state index in [-0.39, 0.29) is 16.7 Å². The van der Waals surface area contributed by atoms with E-state index in [9.17, 15) is 10.6 Å². The molecular formula is C23H25N3OS. The number of hydrogen-bond acceptors (Lipinski definition) is 3. The summed E-state index contributed by atoms with van der Waals surface area (Å²) < 4.78 is 0.107. The van der Waals surface area contributed by atoms with Crippen LogP contribution < -0.4 is 0 Å². The molecule has 4 fully saturated rings. The topological polar surface area (TPSA) is 69.0 Å². The monoisotopic (exact) mass is 391 g/mol. The summed E-state index contributed by atoms with van der Waals surface area (Å²) in [5, 5.41) is 16.1. The molecule has 144 valence electrons. The van der Waals surface area contributed by atoms with E-state index < -0.39 is 5.60 Å². The van der Waals surface area contributed by atoms with Crippen molar-refractivity contribution >= 4 is 11.8 Å². The Hall–Kier alpha value is -1.94. The summed E-state index contributed by atoms with van der Waals surface area (Å²) in [5.41, 5.74) is 9.53. The number of thioether (sulfide) groups is 1. The first-order valence-corrected chi connectivity index (χ1v) is 11.0. The zero-order valence-electron chi connectivity index (χ0n) is 15.8. The number of rotatable bonds is 5. The minimum atomic E-state index is -0.749. The molecule has 0 aromatic heterocycles.